The highest BCUT2D eigenvalue weighted by Crippen LogP contribution is 2.82. The number of rotatable bonds is 4. The number of methoxy groups -OCH3 is 3. The van der Waals surface area contributed by atoms with Gasteiger partial charge in [-0.15, -0.1) is 0 Å². The Labute approximate surface area is 134 Å². The van der Waals surface area contributed by atoms with Crippen molar-refractivity contribution >= 4 is 11.8 Å². The van der Waals surface area contributed by atoms with E-state index in [9.17, 15) is 9.59 Å². The van der Waals surface area contributed by atoms with Gasteiger partial charge in [-0.3, -0.25) is 9.59 Å². The first-order chi connectivity index (χ1) is 11.1. The van der Waals surface area contributed by atoms with Gasteiger partial charge in [0.25, 0.3) is 0 Å². The van der Waals surface area contributed by atoms with Gasteiger partial charge in [0.05, 0.1) is 12.5 Å². The second kappa shape index (κ2) is 4.65. The molecule has 0 spiro atoms. The van der Waals surface area contributed by atoms with E-state index >= 15 is 0 Å². The first-order valence-electron chi connectivity index (χ1n) is 7.87. The minimum Gasteiger partial charge on any atom is -0.469 e. The van der Waals surface area contributed by atoms with E-state index in [0.717, 1.165) is 5.56 Å². The number of benzene rings is 1. The minimum atomic E-state index is -1.32. The average molecular weight is 316 g/mol. The van der Waals surface area contributed by atoms with Gasteiger partial charge in [-0.05, 0) is 23.8 Å². The summed E-state index contributed by atoms with van der Waals surface area (Å²) < 4.78 is 16.1. The fraction of sp³-hybridized carbons (Fsp3) is 0.556. The zero-order valence-corrected chi connectivity index (χ0v) is 13.4. The van der Waals surface area contributed by atoms with Gasteiger partial charge in [0, 0.05) is 26.1 Å². The Bertz CT molecular complexity index is 665. The number of fused-ring (bicyclic) bond motifs is 1. The van der Waals surface area contributed by atoms with Gasteiger partial charge in [0.15, 0.2) is 5.78 Å². The molecular weight excluding hydrogens is 296 g/mol. The van der Waals surface area contributed by atoms with Crippen molar-refractivity contribution in [2.75, 3.05) is 21.3 Å². The van der Waals surface area contributed by atoms with Gasteiger partial charge < -0.3 is 14.2 Å². The molecular formula is C18H20O5. The molecule has 0 heterocycles. The lowest BCUT2D eigenvalue weighted by atomic mass is 9.86. The van der Waals surface area contributed by atoms with E-state index in [4.69, 9.17) is 14.2 Å². The summed E-state index contributed by atoms with van der Waals surface area (Å²) >= 11 is 0. The molecule has 0 amide bonds. The minimum absolute atomic E-state index is 0.00623. The maximum atomic E-state index is 12.9. The number of ether oxygens (including phenoxy) is 3. The third-order valence-electron chi connectivity index (χ3n) is 6.27. The normalized spacial score (nSPS) is 39.2. The maximum Gasteiger partial charge on any atom is 0.313 e. The zero-order chi connectivity index (χ0) is 16.4. The molecule has 3 fully saturated rings. The van der Waals surface area contributed by atoms with E-state index in [0.29, 0.717) is 6.42 Å². The van der Waals surface area contributed by atoms with E-state index in [2.05, 4.69) is 12.1 Å². The molecule has 0 aliphatic heterocycles. The van der Waals surface area contributed by atoms with E-state index in [1.54, 1.807) is 0 Å². The Morgan fingerprint density at radius 2 is 1.78 bits per heavy atom. The lowest BCUT2D eigenvalue weighted by Crippen LogP contribution is -2.48. The van der Waals surface area contributed by atoms with Gasteiger partial charge in [0.1, 0.15) is 0 Å². The molecule has 23 heavy (non-hydrogen) atoms. The average Bonchev–Trinajstić information content (AvgIpc) is 3.12. The summed E-state index contributed by atoms with van der Waals surface area (Å²) in [5.41, 5.74) is 0.379. The summed E-state index contributed by atoms with van der Waals surface area (Å²) in [6.07, 6.45) is 0.688. The van der Waals surface area contributed by atoms with Crippen LogP contribution in [0.1, 0.15) is 17.9 Å². The molecule has 0 N–H and O–H groups in total. The van der Waals surface area contributed by atoms with Gasteiger partial charge in [-0.25, -0.2) is 0 Å². The highest BCUT2D eigenvalue weighted by Gasteiger charge is 2.91. The molecule has 4 rings (SSSR count). The number of Topliss-reactive ketones (excluding diaryl/α,β-unsaturated/α-hetero) is 1. The van der Waals surface area contributed by atoms with E-state index < -0.39 is 11.2 Å². The molecule has 122 valence electrons. The molecule has 0 aromatic heterocycles. The van der Waals surface area contributed by atoms with Crippen molar-refractivity contribution in [3.8, 4) is 0 Å². The van der Waals surface area contributed by atoms with E-state index in [1.807, 2.05) is 18.2 Å². The Balaban J connectivity index is 1.82. The maximum absolute atomic E-state index is 12.9. The van der Waals surface area contributed by atoms with Crippen molar-refractivity contribution in [1.29, 1.82) is 0 Å². The molecule has 1 aromatic rings. The van der Waals surface area contributed by atoms with Gasteiger partial charge >= 0.3 is 5.97 Å². The molecule has 5 nitrogen and oxygen atoms in total. The predicted molar refractivity (Wildman–Crippen MR) is 80.5 cm³/mol. The van der Waals surface area contributed by atoms with Crippen LogP contribution in [0.5, 0.6) is 0 Å². The largest absolute Gasteiger partial charge is 0.469 e. The zero-order valence-electron chi connectivity index (χ0n) is 13.4. The standard InChI is InChI=1S/C18H20O5/c1-21-16(20)17-12-9-11(10-7-5-4-6-8-10)13(17)14(17)15(19)18(12,22-2)23-3/h4-8,11-14H,9H2,1-3H3/t11-,12+,13+,14+,17-/m1/s1. The molecule has 3 aliphatic carbocycles. The number of ketones is 1. The molecule has 3 aliphatic rings. The Hall–Kier alpha value is -1.72. The van der Waals surface area contributed by atoms with Crippen molar-refractivity contribution < 1.29 is 23.8 Å². The summed E-state index contributed by atoms with van der Waals surface area (Å²) in [5.74, 6) is -2.25. The van der Waals surface area contributed by atoms with Crippen LogP contribution in [0, 0.1) is 23.2 Å². The summed E-state index contributed by atoms with van der Waals surface area (Å²) in [4.78, 5) is 25.5. The molecule has 3 saturated carbocycles. The number of carbonyl (C=O) groups excluding carboxylic acids is 2. The first kappa shape index (κ1) is 14.8. The lowest BCUT2D eigenvalue weighted by Gasteiger charge is -2.33. The van der Waals surface area contributed by atoms with Crippen LogP contribution in [0.25, 0.3) is 0 Å². The first-order valence-corrected chi connectivity index (χ1v) is 7.87. The summed E-state index contributed by atoms with van der Waals surface area (Å²) in [6.45, 7) is 0. The molecule has 5 heteroatoms. The fourth-order valence-electron chi connectivity index (χ4n) is 5.48. The third kappa shape index (κ3) is 1.45. The molecule has 1 aromatic carbocycles. The summed E-state index contributed by atoms with van der Waals surface area (Å²) in [6, 6.07) is 10.1. The number of esters is 1. The molecule has 0 unspecified atom stereocenters. The van der Waals surface area contributed by atoms with Crippen LogP contribution in [0.4, 0.5) is 0 Å². The molecule has 0 saturated heterocycles. The van der Waals surface area contributed by atoms with E-state index in [-0.39, 0.29) is 35.4 Å². The number of hydrogen-bond donors (Lipinski definition) is 0. The molecule has 0 radical (unpaired) electrons. The van der Waals surface area contributed by atoms with Crippen LogP contribution in [0.2, 0.25) is 0 Å². The highest BCUT2D eigenvalue weighted by atomic mass is 16.7. The number of carbonyl (C=O) groups is 2. The third-order valence-corrected chi connectivity index (χ3v) is 6.27. The van der Waals surface area contributed by atoms with Crippen molar-refractivity contribution in [2.24, 2.45) is 23.2 Å². The summed E-state index contributed by atoms with van der Waals surface area (Å²) in [7, 11) is 4.33. The summed E-state index contributed by atoms with van der Waals surface area (Å²) in [5, 5.41) is 0. The van der Waals surface area contributed by atoms with Crippen LogP contribution in [0.3, 0.4) is 0 Å². The SMILES string of the molecule is COC(=O)[C@@]12[C@H]3[C@@H](c4ccccc4)C[C@@H]1C(OC)(OC)C(=O)[C@H]32. The van der Waals surface area contributed by atoms with Crippen LogP contribution < -0.4 is 0 Å². The van der Waals surface area contributed by atoms with Crippen LogP contribution in [-0.4, -0.2) is 38.9 Å². The monoisotopic (exact) mass is 316 g/mol. The predicted octanol–water partition coefficient (Wildman–Crippen LogP) is 1.77. The molecule has 0 bridgehead atoms. The Morgan fingerprint density at radius 3 is 2.35 bits per heavy atom. The van der Waals surface area contributed by atoms with Gasteiger partial charge in [-0.1, -0.05) is 30.3 Å². The van der Waals surface area contributed by atoms with Crippen molar-refractivity contribution in [3.05, 3.63) is 35.9 Å². The van der Waals surface area contributed by atoms with Crippen molar-refractivity contribution in [1.82, 2.24) is 0 Å². The number of hydrogen-bond acceptors (Lipinski definition) is 5. The lowest BCUT2D eigenvalue weighted by molar-refractivity contribution is -0.228. The Morgan fingerprint density at radius 1 is 1.13 bits per heavy atom. The second-order valence-corrected chi connectivity index (χ2v) is 6.67. The topological polar surface area (TPSA) is 61.8 Å². The second-order valence-electron chi connectivity index (χ2n) is 6.67. The van der Waals surface area contributed by atoms with E-state index in [1.165, 1.54) is 21.3 Å². The van der Waals surface area contributed by atoms with Crippen LogP contribution >= 0.6 is 0 Å². The van der Waals surface area contributed by atoms with Crippen LogP contribution in [-0.2, 0) is 23.8 Å². The quantitative estimate of drug-likeness (QED) is 0.626. The van der Waals surface area contributed by atoms with Crippen molar-refractivity contribution in [3.63, 3.8) is 0 Å². The Kier molecular flexibility index (Phi) is 3.00. The fourth-order valence-corrected chi connectivity index (χ4v) is 5.48. The molecule has 5 atom stereocenters. The van der Waals surface area contributed by atoms with Gasteiger partial charge in [-0.2, -0.15) is 0 Å². The van der Waals surface area contributed by atoms with Gasteiger partial charge in [0.2, 0.25) is 5.79 Å². The van der Waals surface area contributed by atoms with Crippen molar-refractivity contribution in [2.45, 2.75) is 18.1 Å². The van der Waals surface area contributed by atoms with Crippen LogP contribution in [0.15, 0.2) is 30.3 Å². The smallest absolute Gasteiger partial charge is 0.313 e. The highest BCUT2D eigenvalue weighted by molar-refractivity contribution is 6.05.